The molecule has 0 saturated heterocycles. The molecule has 0 aliphatic heterocycles. The molecule has 0 saturated carbocycles. The van der Waals surface area contributed by atoms with E-state index in [0.29, 0.717) is 6.42 Å². The molecule has 1 aromatic rings. The van der Waals surface area contributed by atoms with E-state index in [1.807, 2.05) is 0 Å². The summed E-state index contributed by atoms with van der Waals surface area (Å²) >= 11 is 0. The van der Waals surface area contributed by atoms with Gasteiger partial charge in [-0.1, -0.05) is 12.1 Å². The summed E-state index contributed by atoms with van der Waals surface area (Å²) in [6.45, 7) is 0. The maximum atomic E-state index is 10.4. The van der Waals surface area contributed by atoms with Gasteiger partial charge < -0.3 is 5.11 Å². The van der Waals surface area contributed by atoms with E-state index in [0.717, 1.165) is 18.4 Å². The molecule has 0 spiro atoms. The highest BCUT2D eigenvalue weighted by Gasteiger charge is 2.03. The molecular formula is C11H15NO7P+. The molecule has 9 heteroatoms. The van der Waals surface area contributed by atoms with Crippen molar-refractivity contribution in [2.24, 2.45) is 0 Å². The molecule has 0 amide bonds. The second kappa shape index (κ2) is 9.96. The summed E-state index contributed by atoms with van der Waals surface area (Å²) in [6.07, 6.45) is 2.34. The number of carboxylic acid groups (broad SMARTS) is 1. The smallest absolute Gasteiger partial charge is 0.481 e. The Kier molecular flexibility index (Phi) is 9.02. The molecule has 8 nitrogen and oxygen atoms in total. The van der Waals surface area contributed by atoms with E-state index < -0.39 is 19.1 Å². The minimum absolute atomic E-state index is 0.0780. The molecule has 0 bridgehead atoms. The van der Waals surface area contributed by atoms with E-state index in [1.54, 1.807) is 12.1 Å². The van der Waals surface area contributed by atoms with Gasteiger partial charge in [0.25, 0.3) is 5.69 Å². The number of aliphatic carboxylic acids is 1. The normalized spacial score (nSPS) is 9.30. The number of benzene rings is 1. The van der Waals surface area contributed by atoms with Crippen LogP contribution in [-0.2, 0) is 15.8 Å². The Morgan fingerprint density at radius 1 is 1.20 bits per heavy atom. The number of carbonyl (C=O) groups is 1. The Morgan fingerprint density at radius 3 is 2.10 bits per heavy atom. The molecule has 3 N–H and O–H groups in total. The van der Waals surface area contributed by atoms with E-state index in [2.05, 4.69) is 0 Å². The lowest BCUT2D eigenvalue weighted by Gasteiger charge is -1.99. The first kappa shape index (κ1) is 18.1. The fourth-order valence-electron chi connectivity index (χ4n) is 1.39. The first-order chi connectivity index (χ1) is 9.32. The molecule has 0 atom stereocenters. The van der Waals surface area contributed by atoms with Crippen LogP contribution >= 0.6 is 8.25 Å². The van der Waals surface area contributed by atoms with Gasteiger partial charge in [0, 0.05) is 23.1 Å². The van der Waals surface area contributed by atoms with Gasteiger partial charge in [-0.05, 0) is 24.8 Å². The first-order valence-corrected chi connectivity index (χ1v) is 6.79. The Balaban J connectivity index is 0.000000796. The number of nitro benzene ring substituents is 1. The average Bonchev–Trinajstić information content (AvgIpc) is 2.34. The molecule has 0 unspecified atom stereocenters. The van der Waals surface area contributed by atoms with Gasteiger partial charge in [0.1, 0.15) is 0 Å². The monoisotopic (exact) mass is 304 g/mol. The molecular weight excluding hydrogens is 289 g/mol. The second-order valence-corrected chi connectivity index (χ2v) is 4.28. The van der Waals surface area contributed by atoms with Crippen molar-refractivity contribution in [3.8, 4) is 0 Å². The van der Waals surface area contributed by atoms with Crippen molar-refractivity contribution in [3.05, 3.63) is 39.9 Å². The number of non-ortho nitro benzene ring substituents is 1. The summed E-state index contributed by atoms with van der Waals surface area (Å²) in [6, 6.07) is 6.34. The van der Waals surface area contributed by atoms with Crippen LogP contribution in [-0.4, -0.2) is 25.8 Å². The Hall–Kier alpha value is -1.89. The minimum atomic E-state index is -2.87. The maximum Gasteiger partial charge on any atom is 0.692 e. The fourth-order valence-corrected chi connectivity index (χ4v) is 1.39. The summed E-state index contributed by atoms with van der Waals surface area (Å²) in [5, 5.41) is 18.8. The number of unbranched alkanes of at least 4 members (excludes halogenated alkanes) is 1. The predicted molar refractivity (Wildman–Crippen MR) is 70.3 cm³/mol. The Labute approximate surface area is 115 Å². The van der Waals surface area contributed by atoms with Crippen LogP contribution in [0.5, 0.6) is 0 Å². The molecule has 0 aromatic heterocycles. The summed E-state index contributed by atoms with van der Waals surface area (Å²) in [5.41, 5.74) is 1.07. The van der Waals surface area contributed by atoms with Gasteiger partial charge in [0.05, 0.1) is 4.92 Å². The zero-order valence-electron chi connectivity index (χ0n) is 10.5. The van der Waals surface area contributed by atoms with Gasteiger partial charge in [-0.15, -0.1) is 9.79 Å². The summed E-state index contributed by atoms with van der Waals surface area (Å²) in [7, 11) is -2.87. The number of nitro groups is 1. The zero-order chi connectivity index (χ0) is 15.5. The van der Waals surface area contributed by atoms with Gasteiger partial charge >= 0.3 is 14.2 Å². The molecule has 110 valence electrons. The number of nitrogens with zero attached hydrogens (tertiary/aromatic N) is 1. The molecule has 0 heterocycles. The van der Waals surface area contributed by atoms with Gasteiger partial charge in [0.15, 0.2) is 0 Å². The highest BCUT2D eigenvalue weighted by Crippen LogP contribution is 2.13. The predicted octanol–water partition coefficient (Wildman–Crippen LogP) is 2.02. The topological polar surface area (TPSA) is 138 Å². The molecule has 0 fully saturated rings. The molecule has 0 radical (unpaired) electrons. The third-order valence-electron chi connectivity index (χ3n) is 2.25. The lowest BCUT2D eigenvalue weighted by atomic mass is 10.1. The van der Waals surface area contributed by atoms with Gasteiger partial charge in [0.2, 0.25) is 0 Å². The molecule has 20 heavy (non-hydrogen) atoms. The van der Waals surface area contributed by atoms with Crippen LogP contribution in [0.3, 0.4) is 0 Å². The van der Waals surface area contributed by atoms with Gasteiger partial charge in [-0.25, -0.2) is 0 Å². The lowest BCUT2D eigenvalue weighted by Crippen LogP contribution is -1.95. The standard InChI is InChI=1S/C11H13NO4.HO3P/c13-11(14)4-2-1-3-9-5-7-10(8-6-9)12(15)16;1-4(2)3/h5-8H,1-4H2,(H,13,14);(H-,1,2,3)/p+1. The number of hydrogen-bond donors (Lipinski definition) is 3. The third kappa shape index (κ3) is 10.1. The molecule has 1 rings (SSSR count). The van der Waals surface area contributed by atoms with E-state index in [4.69, 9.17) is 19.5 Å². The van der Waals surface area contributed by atoms with Crippen molar-refractivity contribution in [1.29, 1.82) is 0 Å². The van der Waals surface area contributed by atoms with Crippen molar-refractivity contribution in [2.45, 2.75) is 25.7 Å². The van der Waals surface area contributed by atoms with Crippen LogP contribution in [0.25, 0.3) is 0 Å². The van der Waals surface area contributed by atoms with Crippen LogP contribution in [0.2, 0.25) is 0 Å². The highest BCUT2D eigenvalue weighted by molar-refractivity contribution is 7.30. The van der Waals surface area contributed by atoms with Crippen molar-refractivity contribution in [3.63, 3.8) is 0 Å². The van der Waals surface area contributed by atoms with Crippen LogP contribution in [0.4, 0.5) is 5.69 Å². The zero-order valence-corrected chi connectivity index (χ0v) is 11.4. The summed E-state index contributed by atoms with van der Waals surface area (Å²) in [5.74, 6) is -0.788. The van der Waals surface area contributed by atoms with E-state index >= 15 is 0 Å². The number of hydrogen-bond acceptors (Lipinski definition) is 4. The number of aryl methyl sites for hydroxylation is 1. The number of rotatable bonds is 6. The van der Waals surface area contributed by atoms with Gasteiger partial charge in [-0.2, -0.15) is 0 Å². The number of carboxylic acids is 1. The SMILES string of the molecule is O=C(O)CCCCc1ccc([N+](=O)[O-])cc1.O=[P+](O)O. The quantitative estimate of drug-likeness (QED) is 0.316. The second-order valence-electron chi connectivity index (χ2n) is 3.78. The molecule has 0 aliphatic carbocycles. The summed E-state index contributed by atoms with van der Waals surface area (Å²) < 4.78 is 8.70. The lowest BCUT2D eigenvalue weighted by molar-refractivity contribution is -0.384. The largest absolute Gasteiger partial charge is 0.692 e. The Morgan fingerprint density at radius 2 is 1.70 bits per heavy atom. The molecule has 0 aliphatic rings. The van der Waals surface area contributed by atoms with Crippen molar-refractivity contribution >= 4 is 19.9 Å². The molecule has 1 aromatic carbocycles. The van der Waals surface area contributed by atoms with E-state index in [-0.39, 0.29) is 12.1 Å². The van der Waals surface area contributed by atoms with Gasteiger partial charge in [-0.3, -0.25) is 14.9 Å². The van der Waals surface area contributed by atoms with Crippen molar-refractivity contribution < 1.29 is 29.2 Å². The first-order valence-electron chi connectivity index (χ1n) is 5.63. The van der Waals surface area contributed by atoms with Crippen molar-refractivity contribution in [2.75, 3.05) is 0 Å². The van der Waals surface area contributed by atoms with Crippen LogP contribution in [0, 0.1) is 10.1 Å². The highest BCUT2D eigenvalue weighted by atomic mass is 31.1. The Bertz CT molecular complexity index is 456. The van der Waals surface area contributed by atoms with Crippen LogP contribution in [0.1, 0.15) is 24.8 Å². The maximum absolute atomic E-state index is 10.4. The third-order valence-corrected chi connectivity index (χ3v) is 2.25. The van der Waals surface area contributed by atoms with Crippen molar-refractivity contribution in [1.82, 2.24) is 0 Å². The van der Waals surface area contributed by atoms with E-state index in [9.17, 15) is 14.9 Å². The average molecular weight is 304 g/mol. The fraction of sp³-hybridized carbons (Fsp3) is 0.364. The van der Waals surface area contributed by atoms with Crippen LogP contribution in [0.15, 0.2) is 24.3 Å². The van der Waals surface area contributed by atoms with E-state index in [1.165, 1.54) is 12.1 Å². The minimum Gasteiger partial charge on any atom is -0.481 e. The van der Waals surface area contributed by atoms with Crippen LogP contribution < -0.4 is 0 Å². The summed E-state index contributed by atoms with van der Waals surface area (Å²) in [4.78, 5) is 34.4.